The molecule has 1 aliphatic rings. The Kier molecular flexibility index (Phi) is 5.25. The van der Waals surface area contributed by atoms with Gasteiger partial charge in [-0.1, -0.05) is 39.4 Å². The van der Waals surface area contributed by atoms with Crippen molar-refractivity contribution in [3.8, 4) is 11.3 Å². The predicted molar refractivity (Wildman–Crippen MR) is 129 cm³/mol. The van der Waals surface area contributed by atoms with Crippen molar-refractivity contribution in [2.75, 3.05) is 6.54 Å². The zero-order chi connectivity index (χ0) is 22.6. The summed E-state index contributed by atoms with van der Waals surface area (Å²) in [6, 6.07) is 11.0. The largest absolute Gasteiger partial charge is 0.444 e. The Morgan fingerprint density at radius 2 is 2.06 bits per heavy atom. The van der Waals surface area contributed by atoms with Gasteiger partial charge in [0.25, 0.3) is 0 Å². The van der Waals surface area contributed by atoms with Crippen LogP contribution >= 0.6 is 27.3 Å². The van der Waals surface area contributed by atoms with E-state index in [-0.39, 0.29) is 11.9 Å². The topological polar surface area (TPSA) is 46.8 Å². The molecule has 1 aliphatic heterocycles. The minimum atomic E-state index is -0.582. The first-order valence-electron chi connectivity index (χ1n) is 10.6. The lowest BCUT2D eigenvalue weighted by atomic mass is 10.0. The number of thiazole rings is 1. The van der Waals surface area contributed by atoms with Crippen LogP contribution in [-0.2, 0) is 4.74 Å². The Labute approximate surface area is 197 Å². The number of ether oxygens (including phenoxy) is 1. The summed E-state index contributed by atoms with van der Waals surface area (Å²) in [5, 5.41) is 0. The van der Waals surface area contributed by atoms with Crippen LogP contribution in [0.2, 0.25) is 0 Å². The van der Waals surface area contributed by atoms with Crippen molar-refractivity contribution in [2.24, 2.45) is 0 Å². The van der Waals surface area contributed by atoms with Crippen LogP contribution in [0.1, 0.15) is 45.2 Å². The van der Waals surface area contributed by atoms with E-state index < -0.39 is 11.7 Å². The first-order valence-corrected chi connectivity index (χ1v) is 12.2. The van der Waals surface area contributed by atoms with E-state index in [1.54, 1.807) is 22.3 Å². The van der Waals surface area contributed by atoms with E-state index >= 15 is 4.39 Å². The van der Waals surface area contributed by atoms with Gasteiger partial charge in [-0.25, -0.2) is 14.2 Å². The van der Waals surface area contributed by atoms with Crippen LogP contribution in [-0.4, -0.2) is 32.5 Å². The second-order valence-corrected chi connectivity index (χ2v) is 11.0. The van der Waals surface area contributed by atoms with Gasteiger partial charge in [0.1, 0.15) is 11.4 Å². The van der Waals surface area contributed by atoms with E-state index in [9.17, 15) is 4.79 Å². The number of amides is 1. The fraction of sp³-hybridized carbons (Fsp3) is 0.333. The molecule has 3 heterocycles. The van der Waals surface area contributed by atoms with Crippen molar-refractivity contribution < 1.29 is 13.9 Å². The Balaban J connectivity index is 1.44. The number of hydrogen-bond acceptors (Lipinski definition) is 4. The van der Waals surface area contributed by atoms with Crippen LogP contribution in [0.4, 0.5) is 9.18 Å². The highest BCUT2D eigenvalue weighted by molar-refractivity contribution is 9.10. The standard InChI is InChI=1S/C24H23BrFN3O2S/c1-24(2,3)31-23(30)28-10-4-5-19(28)16-8-6-14(11-17(16)26)18-13-29-20-9-7-15(25)12-21(20)32-22(29)27-18/h6-9,11-13,19H,4-5,10H2,1-3H3. The normalized spacial score (nSPS) is 16.9. The van der Waals surface area contributed by atoms with E-state index in [2.05, 4.69) is 22.0 Å². The molecule has 0 bridgehead atoms. The molecule has 8 heteroatoms. The van der Waals surface area contributed by atoms with Crippen molar-refractivity contribution in [2.45, 2.75) is 45.3 Å². The Morgan fingerprint density at radius 1 is 1.25 bits per heavy atom. The van der Waals surface area contributed by atoms with Gasteiger partial charge in [0.05, 0.1) is 22.0 Å². The van der Waals surface area contributed by atoms with E-state index in [0.29, 0.717) is 17.7 Å². The average Bonchev–Trinajstić information content (AvgIpc) is 3.40. The number of imidazole rings is 1. The van der Waals surface area contributed by atoms with Gasteiger partial charge in [-0.3, -0.25) is 4.40 Å². The van der Waals surface area contributed by atoms with Gasteiger partial charge in [0.2, 0.25) is 0 Å². The second kappa shape index (κ2) is 7.85. The molecular weight excluding hydrogens is 493 g/mol. The molecule has 1 amide bonds. The summed E-state index contributed by atoms with van der Waals surface area (Å²) in [4.78, 5) is 19.8. The predicted octanol–water partition coefficient (Wildman–Crippen LogP) is 7.19. The van der Waals surface area contributed by atoms with Crippen LogP contribution in [0.3, 0.4) is 0 Å². The van der Waals surface area contributed by atoms with Crippen molar-refractivity contribution in [3.63, 3.8) is 0 Å². The number of nitrogens with zero attached hydrogens (tertiary/aromatic N) is 3. The summed E-state index contributed by atoms with van der Waals surface area (Å²) >= 11 is 5.10. The summed E-state index contributed by atoms with van der Waals surface area (Å²) < 4.78 is 25.0. The van der Waals surface area contributed by atoms with Gasteiger partial charge in [-0.2, -0.15) is 0 Å². The number of hydrogen-bond donors (Lipinski definition) is 0. The third kappa shape index (κ3) is 3.90. The van der Waals surface area contributed by atoms with Crippen LogP contribution in [0.15, 0.2) is 47.1 Å². The molecule has 1 saturated heterocycles. The minimum absolute atomic E-state index is 0.313. The summed E-state index contributed by atoms with van der Waals surface area (Å²) in [5.41, 5.74) is 2.45. The van der Waals surface area contributed by atoms with E-state index in [0.717, 1.165) is 38.2 Å². The monoisotopic (exact) mass is 515 g/mol. The zero-order valence-electron chi connectivity index (χ0n) is 18.1. The van der Waals surface area contributed by atoms with Crippen LogP contribution in [0.25, 0.3) is 26.4 Å². The molecule has 2 aromatic carbocycles. The first kappa shape index (κ1) is 21.4. The maximum absolute atomic E-state index is 15.2. The number of aromatic nitrogens is 2. The molecule has 0 saturated carbocycles. The third-order valence-corrected chi connectivity index (χ3v) is 7.10. The molecule has 1 unspecified atom stereocenters. The highest BCUT2D eigenvalue weighted by Gasteiger charge is 2.34. The number of carbonyl (C=O) groups is 1. The third-order valence-electron chi connectivity index (χ3n) is 5.59. The van der Waals surface area contributed by atoms with E-state index in [1.165, 1.54) is 6.07 Å². The number of benzene rings is 2. The van der Waals surface area contributed by atoms with Gasteiger partial charge < -0.3 is 9.64 Å². The molecule has 0 spiro atoms. The smallest absolute Gasteiger partial charge is 0.410 e. The van der Waals surface area contributed by atoms with Gasteiger partial charge in [0, 0.05) is 28.3 Å². The molecule has 5 nitrogen and oxygen atoms in total. The molecule has 2 aromatic heterocycles. The fourth-order valence-electron chi connectivity index (χ4n) is 4.20. The number of carbonyl (C=O) groups excluding carboxylic acids is 1. The lowest BCUT2D eigenvalue weighted by molar-refractivity contribution is 0.0222. The summed E-state index contributed by atoms with van der Waals surface area (Å²) in [5.74, 6) is -0.326. The Morgan fingerprint density at radius 3 is 2.81 bits per heavy atom. The summed E-state index contributed by atoms with van der Waals surface area (Å²) in [7, 11) is 0. The average molecular weight is 516 g/mol. The van der Waals surface area contributed by atoms with Crippen LogP contribution in [0.5, 0.6) is 0 Å². The van der Waals surface area contributed by atoms with Gasteiger partial charge >= 0.3 is 6.09 Å². The van der Waals surface area contributed by atoms with Gasteiger partial charge in [-0.15, -0.1) is 0 Å². The molecule has 166 valence electrons. The molecular formula is C24H23BrFN3O2S. The lowest BCUT2D eigenvalue weighted by Gasteiger charge is -2.29. The molecule has 0 N–H and O–H groups in total. The van der Waals surface area contributed by atoms with Crippen molar-refractivity contribution >= 4 is 48.5 Å². The number of fused-ring (bicyclic) bond motifs is 3. The summed E-state index contributed by atoms with van der Waals surface area (Å²) in [6.07, 6.45) is 3.10. The Bertz CT molecular complexity index is 1340. The zero-order valence-corrected chi connectivity index (χ0v) is 20.5. The van der Waals surface area contributed by atoms with E-state index in [1.807, 2.05) is 49.6 Å². The molecule has 0 aliphatic carbocycles. The molecule has 1 fully saturated rings. The quantitative estimate of drug-likeness (QED) is 0.283. The molecule has 5 rings (SSSR count). The molecule has 1 atom stereocenters. The van der Waals surface area contributed by atoms with Crippen LogP contribution < -0.4 is 0 Å². The van der Waals surface area contributed by atoms with Crippen LogP contribution in [0, 0.1) is 5.82 Å². The first-order chi connectivity index (χ1) is 15.2. The van der Waals surface area contributed by atoms with Crippen molar-refractivity contribution in [3.05, 3.63) is 58.4 Å². The highest BCUT2D eigenvalue weighted by Crippen LogP contribution is 2.37. The van der Waals surface area contributed by atoms with Gasteiger partial charge in [0.15, 0.2) is 4.96 Å². The van der Waals surface area contributed by atoms with Crippen molar-refractivity contribution in [1.29, 1.82) is 0 Å². The number of halogens is 2. The lowest BCUT2D eigenvalue weighted by Crippen LogP contribution is -2.36. The number of likely N-dealkylation sites (tertiary alicyclic amines) is 1. The number of rotatable bonds is 2. The van der Waals surface area contributed by atoms with Crippen molar-refractivity contribution in [1.82, 2.24) is 14.3 Å². The Hall–Kier alpha value is -2.45. The molecule has 4 aromatic rings. The molecule has 0 radical (unpaired) electrons. The minimum Gasteiger partial charge on any atom is -0.444 e. The SMILES string of the molecule is CC(C)(C)OC(=O)N1CCCC1c1ccc(-c2cn3c(n2)sc2cc(Br)ccc23)cc1F. The summed E-state index contributed by atoms with van der Waals surface area (Å²) in [6.45, 7) is 6.08. The maximum Gasteiger partial charge on any atom is 0.410 e. The maximum atomic E-state index is 15.2. The van der Waals surface area contributed by atoms with E-state index in [4.69, 9.17) is 9.72 Å². The highest BCUT2D eigenvalue weighted by atomic mass is 79.9. The van der Waals surface area contributed by atoms with Gasteiger partial charge in [-0.05, 0) is 57.9 Å². The fourth-order valence-corrected chi connectivity index (χ4v) is 5.76. The second-order valence-electron chi connectivity index (χ2n) is 9.06. The molecule has 32 heavy (non-hydrogen) atoms.